The summed E-state index contributed by atoms with van der Waals surface area (Å²) >= 11 is 0. The van der Waals surface area contributed by atoms with Crippen LogP contribution >= 0.6 is 0 Å². The van der Waals surface area contributed by atoms with Crippen molar-refractivity contribution in [2.45, 2.75) is 39.5 Å². The molecule has 1 N–H and O–H groups in total. The molecule has 0 radical (unpaired) electrons. The second kappa shape index (κ2) is 9.04. The summed E-state index contributed by atoms with van der Waals surface area (Å²) in [6.07, 6.45) is 1.44. The minimum atomic E-state index is -0.878. The van der Waals surface area contributed by atoms with Crippen molar-refractivity contribution in [1.82, 2.24) is 5.32 Å². The predicted molar refractivity (Wildman–Crippen MR) is 80.9 cm³/mol. The molecule has 0 aromatic carbocycles. The molecular formula is C16H23NO5. The number of esters is 1. The van der Waals surface area contributed by atoms with Gasteiger partial charge in [-0.1, -0.05) is 19.9 Å². The Kier molecular flexibility index (Phi) is 7.39. The second-order valence-corrected chi connectivity index (χ2v) is 5.16. The molecule has 1 aromatic heterocycles. The van der Waals surface area contributed by atoms with Gasteiger partial charge in [-0.15, -0.1) is 6.58 Å². The van der Waals surface area contributed by atoms with E-state index in [1.54, 1.807) is 39.0 Å². The molecule has 2 unspecified atom stereocenters. The molecule has 0 saturated carbocycles. The lowest BCUT2D eigenvalue weighted by atomic mass is 10.1. The molecule has 122 valence electrons. The van der Waals surface area contributed by atoms with E-state index in [0.29, 0.717) is 5.76 Å². The Morgan fingerprint density at radius 2 is 2.14 bits per heavy atom. The average Bonchev–Trinajstić information content (AvgIpc) is 3.00. The zero-order valence-corrected chi connectivity index (χ0v) is 13.2. The summed E-state index contributed by atoms with van der Waals surface area (Å²) in [5, 5.41) is 2.69. The summed E-state index contributed by atoms with van der Waals surface area (Å²) in [7, 11) is 0. The lowest BCUT2D eigenvalue weighted by molar-refractivity contribution is -0.168. The van der Waals surface area contributed by atoms with Crippen LogP contribution in [0.3, 0.4) is 0 Å². The molecule has 22 heavy (non-hydrogen) atoms. The minimum absolute atomic E-state index is 0.160. The molecule has 0 fully saturated rings. The highest BCUT2D eigenvalue weighted by atomic mass is 16.6. The fourth-order valence-corrected chi connectivity index (χ4v) is 1.68. The normalized spacial score (nSPS) is 13.5. The van der Waals surface area contributed by atoms with Crippen molar-refractivity contribution in [1.29, 1.82) is 0 Å². The maximum absolute atomic E-state index is 12.2. The Morgan fingerprint density at radius 3 is 2.68 bits per heavy atom. The molecule has 0 aliphatic rings. The first-order valence-electron chi connectivity index (χ1n) is 7.18. The number of amides is 1. The van der Waals surface area contributed by atoms with E-state index in [4.69, 9.17) is 13.9 Å². The second-order valence-electron chi connectivity index (χ2n) is 5.16. The maximum atomic E-state index is 12.2. The van der Waals surface area contributed by atoms with Crippen LogP contribution in [0.5, 0.6) is 0 Å². The monoisotopic (exact) mass is 309 g/mol. The summed E-state index contributed by atoms with van der Waals surface area (Å²) in [4.78, 5) is 24.1. The molecule has 0 bridgehead atoms. The summed E-state index contributed by atoms with van der Waals surface area (Å²) in [5.41, 5.74) is 0. The SMILES string of the molecule is C=CCOC(C)C(=O)OC(C(=O)NCc1ccco1)C(C)C. The lowest BCUT2D eigenvalue weighted by Crippen LogP contribution is -2.42. The highest BCUT2D eigenvalue weighted by Gasteiger charge is 2.28. The molecule has 6 heteroatoms. The first-order valence-corrected chi connectivity index (χ1v) is 7.18. The van der Waals surface area contributed by atoms with Crippen LogP contribution < -0.4 is 5.32 Å². The molecule has 1 rings (SSSR count). The van der Waals surface area contributed by atoms with Gasteiger partial charge in [-0.05, 0) is 25.0 Å². The van der Waals surface area contributed by atoms with Crippen LogP contribution in [-0.4, -0.2) is 30.7 Å². The van der Waals surface area contributed by atoms with E-state index in [2.05, 4.69) is 11.9 Å². The topological polar surface area (TPSA) is 77.8 Å². The number of carbonyl (C=O) groups is 2. The molecule has 2 atom stereocenters. The van der Waals surface area contributed by atoms with Crippen molar-refractivity contribution in [3.8, 4) is 0 Å². The van der Waals surface area contributed by atoms with E-state index >= 15 is 0 Å². The van der Waals surface area contributed by atoms with Crippen LogP contribution in [0.2, 0.25) is 0 Å². The van der Waals surface area contributed by atoms with E-state index < -0.39 is 18.2 Å². The fourth-order valence-electron chi connectivity index (χ4n) is 1.68. The van der Waals surface area contributed by atoms with Crippen LogP contribution in [0.25, 0.3) is 0 Å². The Labute approximate surface area is 130 Å². The highest BCUT2D eigenvalue weighted by Crippen LogP contribution is 2.10. The number of ether oxygens (including phenoxy) is 2. The first-order chi connectivity index (χ1) is 10.5. The Balaban J connectivity index is 2.54. The van der Waals surface area contributed by atoms with Gasteiger partial charge in [-0.25, -0.2) is 4.79 Å². The van der Waals surface area contributed by atoms with Crippen molar-refractivity contribution >= 4 is 11.9 Å². The first kappa shape index (κ1) is 18.0. The number of nitrogens with one attached hydrogen (secondary N) is 1. The third-order valence-electron chi connectivity index (χ3n) is 2.92. The summed E-state index contributed by atoms with van der Waals surface area (Å²) in [5.74, 6) is -0.471. The average molecular weight is 309 g/mol. The van der Waals surface area contributed by atoms with Crippen molar-refractivity contribution in [2.24, 2.45) is 5.92 Å². The Morgan fingerprint density at radius 1 is 1.41 bits per heavy atom. The van der Waals surface area contributed by atoms with Gasteiger partial charge in [0.1, 0.15) is 5.76 Å². The third-order valence-corrected chi connectivity index (χ3v) is 2.92. The number of rotatable bonds is 9. The van der Waals surface area contributed by atoms with Crippen LogP contribution in [0, 0.1) is 5.92 Å². The van der Waals surface area contributed by atoms with E-state index in [9.17, 15) is 9.59 Å². The van der Waals surface area contributed by atoms with Gasteiger partial charge in [-0.2, -0.15) is 0 Å². The van der Waals surface area contributed by atoms with E-state index in [1.165, 1.54) is 6.26 Å². The molecule has 0 aliphatic carbocycles. The molecule has 0 saturated heterocycles. The van der Waals surface area contributed by atoms with Crippen LogP contribution in [0.15, 0.2) is 35.5 Å². The van der Waals surface area contributed by atoms with Crippen LogP contribution in [0.4, 0.5) is 0 Å². The van der Waals surface area contributed by atoms with E-state index in [-0.39, 0.29) is 25.0 Å². The summed E-state index contributed by atoms with van der Waals surface area (Å²) in [6, 6.07) is 3.49. The van der Waals surface area contributed by atoms with E-state index in [0.717, 1.165) is 0 Å². The molecule has 1 amide bonds. The lowest BCUT2D eigenvalue weighted by Gasteiger charge is -2.22. The van der Waals surface area contributed by atoms with Gasteiger partial charge >= 0.3 is 5.97 Å². The summed E-state index contributed by atoms with van der Waals surface area (Å²) in [6.45, 7) is 9.18. The number of hydrogen-bond acceptors (Lipinski definition) is 5. The van der Waals surface area contributed by atoms with Gasteiger partial charge in [0.25, 0.3) is 5.91 Å². The van der Waals surface area contributed by atoms with E-state index in [1.807, 2.05) is 0 Å². The zero-order valence-electron chi connectivity index (χ0n) is 13.2. The van der Waals surface area contributed by atoms with Crippen molar-refractivity contribution in [3.63, 3.8) is 0 Å². The van der Waals surface area contributed by atoms with Gasteiger partial charge in [0.2, 0.25) is 0 Å². The van der Waals surface area contributed by atoms with Crippen molar-refractivity contribution < 1.29 is 23.5 Å². The quantitative estimate of drug-likeness (QED) is 0.558. The van der Waals surface area contributed by atoms with Gasteiger partial charge < -0.3 is 19.2 Å². The molecule has 6 nitrogen and oxygen atoms in total. The number of hydrogen-bond donors (Lipinski definition) is 1. The fraction of sp³-hybridized carbons (Fsp3) is 0.500. The number of carbonyl (C=O) groups excluding carboxylic acids is 2. The van der Waals surface area contributed by atoms with Crippen LogP contribution in [-0.2, 0) is 25.6 Å². The smallest absolute Gasteiger partial charge is 0.335 e. The van der Waals surface area contributed by atoms with Crippen LogP contribution in [0.1, 0.15) is 26.5 Å². The predicted octanol–water partition coefficient (Wildman–Crippen LogP) is 2.05. The zero-order chi connectivity index (χ0) is 16.5. The Hall–Kier alpha value is -2.08. The molecule has 1 heterocycles. The molecular weight excluding hydrogens is 286 g/mol. The van der Waals surface area contributed by atoms with Crippen molar-refractivity contribution in [3.05, 3.63) is 36.8 Å². The van der Waals surface area contributed by atoms with Gasteiger partial charge in [-0.3, -0.25) is 4.79 Å². The Bertz CT molecular complexity index is 481. The molecule has 0 aliphatic heterocycles. The van der Waals surface area contributed by atoms with Crippen molar-refractivity contribution in [2.75, 3.05) is 6.61 Å². The molecule has 1 aromatic rings. The third kappa shape index (κ3) is 5.73. The minimum Gasteiger partial charge on any atom is -0.467 e. The van der Waals surface area contributed by atoms with Gasteiger partial charge in [0, 0.05) is 0 Å². The maximum Gasteiger partial charge on any atom is 0.335 e. The number of furan rings is 1. The summed E-state index contributed by atoms with van der Waals surface area (Å²) < 4.78 is 15.6. The largest absolute Gasteiger partial charge is 0.467 e. The highest BCUT2D eigenvalue weighted by molar-refractivity contribution is 5.84. The van der Waals surface area contributed by atoms with Gasteiger partial charge in [0.05, 0.1) is 19.4 Å². The van der Waals surface area contributed by atoms with Gasteiger partial charge in [0.15, 0.2) is 12.2 Å². The standard InChI is InChI=1S/C16H23NO5/c1-5-8-20-12(4)16(19)22-14(11(2)3)15(18)17-10-13-7-6-9-21-13/h5-7,9,11-12,14H,1,8,10H2,2-4H3,(H,17,18). The molecule has 0 spiro atoms.